The second-order valence-electron chi connectivity index (χ2n) is 17.9. The van der Waals surface area contributed by atoms with E-state index in [9.17, 15) is 0 Å². The van der Waals surface area contributed by atoms with Crippen molar-refractivity contribution in [1.29, 1.82) is 0 Å². The van der Waals surface area contributed by atoms with Gasteiger partial charge in [-0.3, -0.25) is 0 Å². The Morgan fingerprint density at radius 3 is 1.50 bits per heavy atom. The molecule has 0 spiro atoms. The summed E-state index contributed by atoms with van der Waals surface area (Å²) in [5.74, 6) is 1.86. The molecule has 0 radical (unpaired) electrons. The summed E-state index contributed by atoms with van der Waals surface area (Å²) in [7, 11) is 0. The van der Waals surface area contributed by atoms with Crippen LogP contribution in [0.4, 0.5) is 0 Å². The van der Waals surface area contributed by atoms with Crippen molar-refractivity contribution in [3.8, 4) is 78.8 Å². The molecule has 0 fully saturated rings. The van der Waals surface area contributed by atoms with Gasteiger partial charge in [-0.2, -0.15) is 0 Å². The fourth-order valence-electron chi connectivity index (χ4n) is 10.6. The molecule has 2 aromatic heterocycles. The summed E-state index contributed by atoms with van der Waals surface area (Å²) in [6.07, 6.45) is 0. The first kappa shape index (κ1) is 39.5. The van der Waals surface area contributed by atoms with Crippen molar-refractivity contribution in [3.05, 3.63) is 253 Å². The van der Waals surface area contributed by atoms with Gasteiger partial charge < -0.3 is 0 Å². The van der Waals surface area contributed by atoms with Crippen LogP contribution in [-0.4, -0.2) is 19.9 Å². The van der Waals surface area contributed by atoms with E-state index in [0.29, 0.717) is 17.5 Å². The summed E-state index contributed by atoms with van der Waals surface area (Å²) in [6, 6.07) is 84.4. The van der Waals surface area contributed by atoms with Crippen LogP contribution in [0.1, 0.15) is 23.6 Å². The minimum atomic E-state index is -0.347. The van der Waals surface area contributed by atoms with Gasteiger partial charge in [-0.05, 0) is 103 Å². The molecule has 1 aliphatic carbocycles. The molecule has 0 amide bonds. The summed E-state index contributed by atoms with van der Waals surface area (Å²) in [5.41, 5.74) is 16.3. The molecule has 10 aromatic carbocycles. The van der Waals surface area contributed by atoms with Crippen LogP contribution in [0, 0.1) is 0 Å². The minimum absolute atomic E-state index is 0.347. The van der Waals surface area contributed by atoms with Gasteiger partial charge in [0.2, 0.25) is 0 Å². The topological polar surface area (TPSA) is 51.6 Å². The Morgan fingerprint density at radius 1 is 0.279 bits per heavy atom. The van der Waals surface area contributed by atoms with Crippen LogP contribution in [0.2, 0.25) is 0 Å². The quantitative estimate of drug-likeness (QED) is 0.150. The van der Waals surface area contributed by atoms with E-state index in [2.05, 4.69) is 207 Å². The zero-order chi connectivity index (χ0) is 45.2. The van der Waals surface area contributed by atoms with Crippen LogP contribution in [0.15, 0.2) is 237 Å². The maximum atomic E-state index is 5.35. The van der Waals surface area contributed by atoms with Crippen LogP contribution in [0.3, 0.4) is 0 Å². The Kier molecular flexibility index (Phi) is 9.26. The number of para-hydroxylation sites is 1. The Hall–Kier alpha value is -8.86. The second-order valence-corrected chi connectivity index (χ2v) is 17.9. The molecule has 0 saturated heterocycles. The Balaban J connectivity index is 1.05. The summed E-state index contributed by atoms with van der Waals surface area (Å²) < 4.78 is 0. The van der Waals surface area contributed by atoms with E-state index in [1.165, 1.54) is 33.2 Å². The number of benzene rings is 10. The smallest absolute Gasteiger partial charge is 0.164 e. The number of pyridine rings is 1. The number of rotatable bonds is 7. The monoisotopic (exact) mass is 866 g/mol. The van der Waals surface area contributed by atoms with Crippen molar-refractivity contribution in [2.75, 3.05) is 0 Å². The van der Waals surface area contributed by atoms with Crippen LogP contribution in [0.5, 0.6) is 0 Å². The lowest BCUT2D eigenvalue weighted by Crippen LogP contribution is -2.22. The third-order valence-corrected chi connectivity index (χ3v) is 14.0. The number of hydrogen-bond acceptors (Lipinski definition) is 4. The Morgan fingerprint density at radius 2 is 0.779 bits per heavy atom. The fraction of sp³-hybridized carbons (Fsp3) is 0.0312. The molecule has 1 aliphatic rings. The lowest BCUT2D eigenvalue weighted by atomic mass is 9.74. The van der Waals surface area contributed by atoms with E-state index in [-0.39, 0.29) is 5.41 Å². The molecule has 1 unspecified atom stereocenters. The molecule has 0 bridgehead atoms. The first-order chi connectivity index (χ1) is 33.6. The Bertz CT molecular complexity index is 3860. The lowest BCUT2D eigenvalue weighted by molar-refractivity contribution is 0.714. The summed E-state index contributed by atoms with van der Waals surface area (Å²) >= 11 is 0. The van der Waals surface area contributed by atoms with E-state index in [4.69, 9.17) is 19.9 Å². The first-order valence-electron chi connectivity index (χ1n) is 23.2. The van der Waals surface area contributed by atoms with E-state index in [1.807, 2.05) is 36.4 Å². The molecule has 1 atom stereocenters. The van der Waals surface area contributed by atoms with Crippen molar-refractivity contribution in [2.24, 2.45) is 0 Å². The second kappa shape index (κ2) is 15.9. The van der Waals surface area contributed by atoms with Gasteiger partial charge in [0.15, 0.2) is 17.5 Å². The molecular weight excluding hydrogens is 825 g/mol. The molecule has 12 aromatic rings. The van der Waals surface area contributed by atoms with Gasteiger partial charge in [-0.15, -0.1) is 0 Å². The number of nitrogens with zero attached hydrogens (tertiary/aromatic N) is 4. The molecule has 4 heteroatoms. The highest BCUT2D eigenvalue weighted by atomic mass is 15.0. The highest BCUT2D eigenvalue weighted by Gasteiger charge is 2.40. The van der Waals surface area contributed by atoms with Crippen molar-refractivity contribution >= 4 is 32.4 Å². The first-order valence-corrected chi connectivity index (χ1v) is 23.2. The average Bonchev–Trinajstić information content (AvgIpc) is 3.68. The molecule has 0 saturated carbocycles. The molecule has 2 heterocycles. The predicted octanol–water partition coefficient (Wildman–Crippen LogP) is 16.1. The van der Waals surface area contributed by atoms with Gasteiger partial charge in [0.25, 0.3) is 0 Å². The summed E-state index contributed by atoms with van der Waals surface area (Å²) in [5, 5.41) is 5.76. The average molecular weight is 867 g/mol. The molecule has 68 heavy (non-hydrogen) atoms. The minimum Gasteiger partial charge on any atom is -0.247 e. The van der Waals surface area contributed by atoms with Crippen molar-refractivity contribution in [3.63, 3.8) is 0 Å². The number of hydrogen-bond donors (Lipinski definition) is 0. The van der Waals surface area contributed by atoms with Crippen molar-refractivity contribution in [1.82, 2.24) is 19.9 Å². The maximum Gasteiger partial charge on any atom is 0.164 e. The van der Waals surface area contributed by atoms with Crippen molar-refractivity contribution < 1.29 is 0 Å². The highest BCUT2D eigenvalue weighted by Crippen LogP contribution is 2.53. The zero-order valence-corrected chi connectivity index (χ0v) is 37.3. The molecule has 318 valence electrons. The SMILES string of the molecule is CC1(c2ccccc2)c2ccccc2-c2ccc(-c3cc(-c4nc(-c5ccccc5)nc(-c5ccccc5)n4)cc(-c4cccc5c(-c6nc7ccccc7c7ccccc67)cccc45)c3)cc21. The van der Waals surface area contributed by atoms with Crippen LogP contribution < -0.4 is 0 Å². The van der Waals surface area contributed by atoms with Gasteiger partial charge >= 0.3 is 0 Å². The van der Waals surface area contributed by atoms with E-state index in [0.717, 1.165) is 77.3 Å². The number of fused-ring (bicyclic) bond motifs is 7. The fourth-order valence-corrected chi connectivity index (χ4v) is 10.6. The largest absolute Gasteiger partial charge is 0.247 e. The Labute approximate surface area is 395 Å². The third-order valence-electron chi connectivity index (χ3n) is 14.0. The summed E-state index contributed by atoms with van der Waals surface area (Å²) in [4.78, 5) is 20.9. The standard InChI is InChI=1S/C64H42N4/c1-64(47-23-9-4-10-24-47)57-33-15-13-26-52(57)53-36-35-43(40-58(53)64)44-37-45(39-46(38-44)63-67-61(41-19-5-2-6-20-41)66-62(68-63)42-21-7-3-8-22-42)48-29-17-31-50-49(48)30-18-32-56(50)60-55-28-12-11-25-51(55)54-27-14-16-34-59(54)65-60/h2-40H,1H3. The van der Waals surface area contributed by atoms with E-state index >= 15 is 0 Å². The van der Waals surface area contributed by atoms with Gasteiger partial charge in [0.1, 0.15) is 0 Å². The summed E-state index contributed by atoms with van der Waals surface area (Å²) in [6.45, 7) is 2.38. The molecule has 4 nitrogen and oxygen atoms in total. The van der Waals surface area contributed by atoms with Crippen LogP contribution >= 0.6 is 0 Å². The van der Waals surface area contributed by atoms with Gasteiger partial charge in [-0.25, -0.2) is 19.9 Å². The zero-order valence-electron chi connectivity index (χ0n) is 37.3. The predicted molar refractivity (Wildman–Crippen MR) is 280 cm³/mol. The van der Waals surface area contributed by atoms with E-state index in [1.54, 1.807) is 0 Å². The lowest BCUT2D eigenvalue weighted by Gasteiger charge is -2.28. The molecule has 0 aliphatic heterocycles. The third kappa shape index (κ3) is 6.45. The van der Waals surface area contributed by atoms with Crippen molar-refractivity contribution in [2.45, 2.75) is 12.3 Å². The van der Waals surface area contributed by atoms with Gasteiger partial charge in [0, 0.05) is 38.4 Å². The van der Waals surface area contributed by atoms with E-state index < -0.39 is 0 Å². The highest BCUT2D eigenvalue weighted by molar-refractivity contribution is 6.14. The number of aromatic nitrogens is 4. The normalized spacial score (nSPS) is 14.0. The van der Waals surface area contributed by atoms with Crippen LogP contribution in [-0.2, 0) is 5.41 Å². The molecular formula is C64H42N4. The molecule has 0 N–H and O–H groups in total. The maximum absolute atomic E-state index is 5.35. The molecule has 13 rings (SSSR count). The van der Waals surface area contributed by atoms with Gasteiger partial charge in [-0.1, -0.05) is 206 Å². The van der Waals surface area contributed by atoms with Gasteiger partial charge in [0.05, 0.1) is 11.2 Å². The van der Waals surface area contributed by atoms with Crippen LogP contribution in [0.25, 0.3) is 111 Å².